The summed E-state index contributed by atoms with van der Waals surface area (Å²) >= 11 is 0. The molecule has 0 aliphatic carbocycles. The number of anilines is 2. The lowest BCUT2D eigenvalue weighted by Gasteiger charge is -2.15. The van der Waals surface area contributed by atoms with Gasteiger partial charge in [0.05, 0.1) is 22.5 Å². The van der Waals surface area contributed by atoms with Gasteiger partial charge < -0.3 is 5.73 Å². The first-order chi connectivity index (χ1) is 9.09. The van der Waals surface area contributed by atoms with Crippen LogP contribution in [0, 0.1) is 5.82 Å². The summed E-state index contributed by atoms with van der Waals surface area (Å²) in [5, 5.41) is 0. The summed E-state index contributed by atoms with van der Waals surface area (Å²) in [6.07, 6.45) is 2.76. The summed E-state index contributed by atoms with van der Waals surface area (Å²) in [6, 6.07) is 4.99. The number of carbonyl (C=O) groups excluding carboxylic acids is 2. The van der Waals surface area contributed by atoms with Gasteiger partial charge in [-0.05, 0) is 24.3 Å². The van der Waals surface area contributed by atoms with Gasteiger partial charge in [0.25, 0.3) is 11.8 Å². The molecule has 0 fully saturated rings. The number of imide groups is 1. The van der Waals surface area contributed by atoms with E-state index in [0.717, 1.165) is 17.0 Å². The molecule has 19 heavy (non-hydrogen) atoms. The smallest absolute Gasteiger partial charge is 0.267 e. The van der Waals surface area contributed by atoms with Gasteiger partial charge in [-0.3, -0.25) is 14.6 Å². The molecule has 0 atom stereocenters. The summed E-state index contributed by atoms with van der Waals surface area (Å²) in [6.45, 7) is 0. The van der Waals surface area contributed by atoms with Crippen LogP contribution in [0.15, 0.2) is 36.7 Å². The molecule has 5 nitrogen and oxygen atoms in total. The number of aromatic nitrogens is 1. The standard InChI is InChI=1S/C13H8FN3O2/c14-7-1-2-11(10(15)5-7)17-12(18)8-3-4-16-6-9(8)13(17)19/h1-6H,15H2. The number of nitrogen functional groups attached to an aromatic ring is 1. The van der Waals surface area contributed by atoms with E-state index < -0.39 is 17.6 Å². The molecule has 2 aromatic rings. The second-order valence-corrected chi connectivity index (χ2v) is 4.07. The Bertz CT molecular complexity index is 680. The highest BCUT2D eigenvalue weighted by Gasteiger charge is 2.37. The van der Waals surface area contributed by atoms with Crippen molar-refractivity contribution in [2.75, 3.05) is 10.6 Å². The van der Waals surface area contributed by atoms with Crippen LogP contribution in [0.2, 0.25) is 0 Å². The first-order valence-electron chi connectivity index (χ1n) is 5.47. The summed E-state index contributed by atoms with van der Waals surface area (Å²) in [7, 11) is 0. The number of amides is 2. The Balaban J connectivity index is 2.14. The van der Waals surface area contributed by atoms with Gasteiger partial charge in [-0.25, -0.2) is 9.29 Å². The molecule has 1 aromatic carbocycles. The molecule has 2 N–H and O–H groups in total. The summed E-state index contributed by atoms with van der Waals surface area (Å²) in [5.74, 6) is -1.52. The minimum atomic E-state index is -0.528. The van der Waals surface area contributed by atoms with E-state index in [1.54, 1.807) is 0 Å². The molecular formula is C13H8FN3O2. The molecule has 0 bridgehead atoms. The van der Waals surface area contributed by atoms with E-state index >= 15 is 0 Å². The van der Waals surface area contributed by atoms with E-state index in [9.17, 15) is 14.0 Å². The lowest BCUT2D eigenvalue weighted by atomic mass is 10.2. The number of carbonyl (C=O) groups is 2. The van der Waals surface area contributed by atoms with E-state index in [4.69, 9.17) is 5.73 Å². The van der Waals surface area contributed by atoms with E-state index in [1.807, 2.05) is 0 Å². The number of nitrogens with zero attached hydrogens (tertiary/aromatic N) is 2. The van der Waals surface area contributed by atoms with Crippen molar-refractivity contribution in [3.05, 3.63) is 53.6 Å². The Morgan fingerprint density at radius 3 is 2.53 bits per heavy atom. The van der Waals surface area contributed by atoms with Gasteiger partial charge in [-0.1, -0.05) is 0 Å². The van der Waals surface area contributed by atoms with Crippen molar-refractivity contribution in [1.82, 2.24) is 4.98 Å². The van der Waals surface area contributed by atoms with Crippen LogP contribution < -0.4 is 10.6 Å². The maximum absolute atomic E-state index is 13.0. The van der Waals surface area contributed by atoms with Gasteiger partial charge in [-0.2, -0.15) is 0 Å². The molecular weight excluding hydrogens is 249 g/mol. The third kappa shape index (κ3) is 1.57. The number of rotatable bonds is 1. The van der Waals surface area contributed by atoms with E-state index in [-0.39, 0.29) is 22.5 Å². The first-order valence-corrected chi connectivity index (χ1v) is 5.47. The van der Waals surface area contributed by atoms with Gasteiger partial charge in [0.2, 0.25) is 0 Å². The van der Waals surface area contributed by atoms with Crippen LogP contribution in [0.4, 0.5) is 15.8 Å². The molecule has 3 rings (SSSR count). The monoisotopic (exact) mass is 257 g/mol. The second kappa shape index (κ2) is 3.88. The number of hydrogen-bond acceptors (Lipinski definition) is 4. The quantitative estimate of drug-likeness (QED) is 0.622. The Labute approximate surface area is 107 Å². The van der Waals surface area contributed by atoms with Crippen molar-refractivity contribution in [2.24, 2.45) is 0 Å². The van der Waals surface area contributed by atoms with Crippen LogP contribution in [0.3, 0.4) is 0 Å². The third-order valence-corrected chi connectivity index (χ3v) is 2.92. The van der Waals surface area contributed by atoms with Crippen molar-refractivity contribution in [1.29, 1.82) is 0 Å². The zero-order valence-electron chi connectivity index (χ0n) is 9.63. The fraction of sp³-hybridized carbons (Fsp3) is 0. The number of halogens is 1. The zero-order valence-corrected chi connectivity index (χ0v) is 9.63. The molecule has 1 aliphatic rings. The highest BCUT2D eigenvalue weighted by molar-refractivity contribution is 6.35. The van der Waals surface area contributed by atoms with E-state index in [0.29, 0.717) is 0 Å². The van der Waals surface area contributed by atoms with Gasteiger partial charge >= 0.3 is 0 Å². The Hall–Kier alpha value is -2.76. The first kappa shape index (κ1) is 11.3. The molecule has 0 saturated heterocycles. The van der Waals surface area contributed by atoms with Crippen LogP contribution in [-0.2, 0) is 0 Å². The SMILES string of the molecule is Nc1cc(F)ccc1N1C(=O)c2ccncc2C1=O. The number of fused-ring (bicyclic) bond motifs is 1. The van der Waals surface area contributed by atoms with Gasteiger partial charge in [-0.15, -0.1) is 0 Å². The predicted octanol–water partition coefficient (Wildman–Crippen LogP) is 1.60. The third-order valence-electron chi connectivity index (χ3n) is 2.92. The molecule has 2 amide bonds. The minimum absolute atomic E-state index is 0.0301. The lowest BCUT2D eigenvalue weighted by Crippen LogP contribution is -2.30. The number of pyridine rings is 1. The molecule has 0 unspecified atom stereocenters. The average molecular weight is 257 g/mol. The van der Waals surface area contributed by atoms with E-state index in [2.05, 4.69) is 4.98 Å². The molecule has 6 heteroatoms. The van der Waals surface area contributed by atoms with Gasteiger partial charge in [0.15, 0.2) is 0 Å². The molecule has 1 aromatic heterocycles. The van der Waals surface area contributed by atoms with Crippen molar-refractivity contribution in [3.8, 4) is 0 Å². The van der Waals surface area contributed by atoms with Crippen molar-refractivity contribution in [3.63, 3.8) is 0 Å². The van der Waals surface area contributed by atoms with E-state index in [1.165, 1.54) is 24.5 Å². The molecule has 2 heterocycles. The fourth-order valence-electron chi connectivity index (χ4n) is 2.03. The summed E-state index contributed by atoms with van der Waals surface area (Å²) in [5.41, 5.74) is 6.35. The average Bonchev–Trinajstić information content (AvgIpc) is 2.64. The molecule has 0 spiro atoms. The topological polar surface area (TPSA) is 76.3 Å². The van der Waals surface area contributed by atoms with Gasteiger partial charge in [0.1, 0.15) is 5.82 Å². The predicted molar refractivity (Wildman–Crippen MR) is 66.2 cm³/mol. The summed E-state index contributed by atoms with van der Waals surface area (Å²) in [4.78, 5) is 29.1. The largest absolute Gasteiger partial charge is 0.397 e. The Morgan fingerprint density at radius 2 is 1.84 bits per heavy atom. The normalized spacial score (nSPS) is 13.8. The second-order valence-electron chi connectivity index (χ2n) is 4.07. The molecule has 0 radical (unpaired) electrons. The van der Waals surface area contributed by atoms with Crippen LogP contribution in [-0.4, -0.2) is 16.8 Å². The maximum atomic E-state index is 13.0. The highest BCUT2D eigenvalue weighted by atomic mass is 19.1. The highest BCUT2D eigenvalue weighted by Crippen LogP contribution is 2.31. The van der Waals surface area contributed by atoms with Crippen LogP contribution in [0.1, 0.15) is 20.7 Å². The van der Waals surface area contributed by atoms with Crippen LogP contribution in [0.5, 0.6) is 0 Å². The number of hydrogen-bond donors (Lipinski definition) is 1. The molecule has 94 valence electrons. The summed E-state index contributed by atoms with van der Waals surface area (Å²) < 4.78 is 13.0. The Kier molecular flexibility index (Phi) is 2.31. The zero-order chi connectivity index (χ0) is 13.6. The number of nitrogens with two attached hydrogens (primary N) is 1. The van der Waals surface area contributed by atoms with Gasteiger partial charge in [0, 0.05) is 12.4 Å². The minimum Gasteiger partial charge on any atom is -0.397 e. The van der Waals surface area contributed by atoms with Crippen molar-refractivity contribution in [2.45, 2.75) is 0 Å². The lowest BCUT2D eigenvalue weighted by molar-refractivity contribution is 0.0926. The Morgan fingerprint density at radius 1 is 1.11 bits per heavy atom. The maximum Gasteiger partial charge on any atom is 0.267 e. The van der Waals surface area contributed by atoms with Crippen LogP contribution >= 0.6 is 0 Å². The molecule has 0 saturated carbocycles. The van der Waals surface area contributed by atoms with Crippen molar-refractivity contribution >= 4 is 23.2 Å². The number of benzene rings is 1. The molecule has 1 aliphatic heterocycles. The fourth-order valence-corrected chi connectivity index (χ4v) is 2.03. The van der Waals surface area contributed by atoms with Crippen molar-refractivity contribution < 1.29 is 14.0 Å². The van der Waals surface area contributed by atoms with Crippen LogP contribution in [0.25, 0.3) is 0 Å².